The molecule has 0 spiro atoms. The number of sulfone groups is 1. The molecule has 4 heterocycles. The van der Waals surface area contributed by atoms with Gasteiger partial charge in [-0.1, -0.05) is 30.3 Å². The molecule has 4 aromatic rings. The second-order valence-electron chi connectivity index (χ2n) is 11.0. The maximum atomic E-state index is 13.8. The summed E-state index contributed by atoms with van der Waals surface area (Å²) in [6.45, 7) is 2.10. The number of piperidine rings is 1. The standard InChI is InChI=1S/C30H31N5O3S/c36-29-26(21-5-6-21)16-23-17-32-30(33-24-9-7-19(8-10-24)20-11-13-31-14-12-20)34-28(23)35(29)25-15-22-3-1-2-4-27(22)39(37,38)18-25/h1-4,7-10,16-17,20-21,25,31H,5-6,11-15,18H2,(H,32,33,34). The Morgan fingerprint density at radius 3 is 2.49 bits per heavy atom. The Balaban J connectivity index is 1.27. The second-order valence-corrected chi connectivity index (χ2v) is 13.0. The van der Waals surface area contributed by atoms with Crippen LogP contribution in [0.3, 0.4) is 0 Å². The number of anilines is 2. The third-order valence-corrected chi connectivity index (χ3v) is 10.2. The van der Waals surface area contributed by atoms with Crippen LogP contribution in [0.1, 0.15) is 60.3 Å². The quantitative estimate of drug-likeness (QED) is 0.385. The van der Waals surface area contributed by atoms with Gasteiger partial charge >= 0.3 is 0 Å². The van der Waals surface area contributed by atoms with Crippen molar-refractivity contribution in [2.45, 2.75) is 54.9 Å². The average molecular weight is 542 g/mol. The van der Waals surface area contributed by atoms with Crippen molar-refractivity contribution in [3.63, 3.8) is 0 Å². The molecule has 7 rings (SSSR count). The smallest absolute Gasteiger partial charge is 0.255 e. The van der Waals surface area contributed by atoms with Gasteiger partial charge in [0.2, 0.25) is 5.95 Å². The van der Waals surface area contributed by atoms with Crippen LogP contribution in [-0.4, -0.2) is 41.8 Å². The molecular formula is C30H31N5O3S. The molecule has 200 valence electrons. The van der Waals surface area contributed by atoms with E-state index in [2.05, 4.69) is 27.8 Å². The fourth-order valence-corrected chi connectivity index (χ4v) is 7.94. The molecule has 2 N–H and O–H groups in total. The normalized spacial score (nSPS) is 21.0. The number of rotatable bonds is 5. The lowest BCUT2D eigenvalue weighted by atomic mass is 9.90. The van der Waals surface area contributed by atoms with Crippen molar-refractivity contribution < 1.29 is 8.42 Å². The lowest BCUT2D eigenvalue weighted by Crippen LogP contribution is -2.36. The van der Waals surface area contributed by atoms with Gasteiger partial charge in [0, 0.05) is 22.8 Å². The fourth-order valence-electron chi connectivity index (χ4n) is 6.15. The Hall–Kier alpha value is -3.56. The van der Waals surface area contributed by atoms with Gasteiger partial charge in [-0.25, -0.2) is 13.4 Å². The molecule has 0 radical (unpaired) electrons. The number of benzene rings is 2. The number of nitrogens with zero attached hydrogens (tertiary/aromatic N) is 3. The van der Waals surface area contributed by atoms with E-state index < -0.39 is 15.9 Å². The van der Waals surface area contributed by atoms with Gasteiger partial charge < -0.3 is 10.6 Å². The highest BCUT2D eigenvalue weighted by molar-refractivity contribution is 7.91. The van der Waals surface area contributed by atoms with Gasteiger partial charge in [0.1, 0.15) is 5.65 Å². The van der Waals surface area contributed by atoms with Crippen LogP contribution >= 0.6 is 0 Å². The van der Waals surface area contributed by atoms with Crippen molar-refractivity contribution in [3.05, 3.63) is 87.8 Å². The number of hydrogen-bond donors (Lipinski definition) is 2. The minimum atomic E-state index is -3.54. The molecule has 39 heavy (non-hydrogen) atoms. The predicted molar refractivity (Wildman–Crippen MR) is 152 cm³/mol. The lowest BCUT2D eigenvalue weighted by molar-refractivity contribution is 0.460. The monoisotopic (exact) mass is 541 g/mol. The Labute approximate surface area is 227 Å². The van der Waals surface area contributed by atoms with E-state index in [0.717, 1.165) is 61.0 Å². The number of nitrogens with one attached hydrogen (secondary N) is 2. The Morgan fingerprint density at radius 1 is 0.949 bits per heavy atom. The highest BCUT2D eigenvalue weighted by Gasteiger charge is 2.35. The van der Waals surface area contributed by atoms with Crippen LogP contribution in [0.25, 0.3) is 11.0 Å². The molecule has 1 saturated heterocycles. The summed E-state index contributed by atoms with van der Waals surface area (Å²) in [7, 11) is -3.54. The van der Waals surface area contributed by atoms with Gasteiger partial charge in [-0.15, -0.1) is 0 Å². The zero-order valence-corrected chi connectivity index (χ0v) is 22.5. The molecule has 2 aromatic heterocycles. The first-order valence-electron chi connectivity index (χ1n) is 13.8. The lowest BCUT2D eigenvalue weighted by Gasteiger charge is -2.27. The largest absolute Gasteiger partial charge is 0.324 e. The summed E-state index contributed by atoms with van der Waals surface area (Å²) >= 11 is 0. The Bertz CT molecular complexity index is 1720. The van der Waals surface area contributed by atoms with E-state index in [1.54, 1.807) is 22.9 Å². The summed E-state index contributed by atoms with van der Waals surface area (Å²) in [6, 6.07) is 16.8. The van der Waals surface area contributed by atoms with Crippen molar-refractivity contribution in [1.29, 1.82) is 0 Å². The molecule has 8 nitrogen and oxygen atoms in total. The summed E-state index contributed by atoms with van der Waals surface area (Å²) in [5, 5.41) is 7.45. The number of aromatic nitrogens is 3. The van der Waals surface area contributed by atoms with Crippen molar-refractivity contribution in [3.8, 4) is 0 Å². The molecule has 2 aromatic carbocycles. The highest BCUT2D eigenvalue weighted by atomic mass is 32.2. The summed E-state index contributed by atoms with van der Waals surface area (Å²) in [5.41, 5.74) is 4.00. The molecule has 1 unspecified atom stereocenters. The number of pyridine rings is 1. The van der Waals surface area contributed by atoms with E-state index in [1.165, 1.54) is 5.56 Å². The topological polar surface area (TPSA) is 106 Å². The minimum absolute atomic E-state index is 0.127. The molecule has 0 amide bonds. The summed E-state index contributed by atoms with van der Waals surface area (Å²) in [6.07, 6.45) is 6.43. The van der Waals surface area contributed by atoms with Crippen LogP contribution < -0.4 is 16.2 Å². The number of hydrogen-bond acceptors (Lipinski definition) is 7. The molecule has 1 atom stereocenters. The van der Waals surface area contributed by atoms with Crippen molar-refractivity contribution in [2.24, 2.45) is 0 Å². The third-order valence-electron chi connectivity index (χ3n) is 8.34. The molecule has 0 bridgehead atoms. The van der Waals surface area contributed by atoms with Gasteiger partial charge in [0.05, 0.1) is 16.7 Å². The second kappa shape index (κ2) is 9.57. The van der Waals surface area contributed by atoms with Crippen LogP contribution in [0.4, 0.5) is 11.6 Å². The number of fused-ring (bicyclic) bond motifs is 2. The van der Waals surface area contributed by atoms with Crippen molar-refractivity contribution in [1.82, 2.24) is 19.9 Å². The summed E-state index contributed by atoms with van der Waals surface area (Å²) in [5.74, 6) is 1.04. The van der Waals surface area contributed by atoms with Crippen LogP contribution in [0, 0.1) is 0 Å². The molecule has 9 heteroatoms. The minimum Gasteiger partial charge on any atom is -0.324 e. The first kappa shape index (κ1) is 24.5. The van der Waals surface area contributed by atoms with Crippen molar-refractivity contribution in [2.75, 3.05) is 24.2 Å². The van der Waals surface area contributed by atoms with Crippen LogP contribution in [0.2, 0.25) is 0 Å². The van der Waals surface area contributed by atoms with E-state index >= 15 is 0 Å². The Morgan fingerprint density at radius 2 is 1.72 bits per heavy atom. The van der Waals surface area contributed by atoms with Crippen LogP contribution in [0.15, 0.2) is 70.5 Å². The molecule has 2 aliphatic heterocycles. The van der Waals surface area contributed by atoms with E-state index in [-0.39, 0.29) is 17.2 Å². The molecule has 3 aliphatic rings. The van der Waals surface area contributed by atoms with Crippen LogP contribution in [0.5, 0.6) is 0 Å². The van der Waals surface area contributed by atoms with Crippen LogP contribution in [-0.2, 0) is 16.3 Å². The maximum Gasteiger partial charge on any atom is 0.255 e. The van der Waals surface area contributed by atoms with Gasteiger partial charge in [-0.05, 0) is 92.4 Å². The highest BCUT2D eigenvalue weighted by Crippen LogP contribution is 2.40. The van der Waals surface area contributed by atoms with Crippen molar-refractivity contribution >= 4 is 32.5 Å². The third kappa shape index (κ3) is 4.63. The first-order valence-corrected chi connectivity index (χ1v) is 15.4. The van der Waals surface area contributed by atoms with E-state index in [1.807, 2.05) is 30.3 Å². The Kier molecular flexibility index (Phi) is 6.01. The maximum absolute atomic E-state index is 13.8. The van der Waals surface area contributed by atoms with Gasteiger partial charge in [-0.3, -0.25) is 9.36 Å². The van der Waals surface area contributed by atoms with E-state index in [4.69, 9.17) is 4.98 Å². The van der Waals surface area contributed by atoms with E-state index in [9.17, 15) is 13.2 Å². The molecule has 2 fully saturated rings. The average Bonchev–Trinajstić information content (AvgIpc) is 3.79. The van der Waals surface area contributed by atoms with E-state index in [0.29, 0.717) is 28.8 Å². The molecule has 1 saturated carbocycles. The zero-order valence-electron chi connectivity index (χ0n) is 21.6. The first-order chi connectivity index (χ1) is 19.0. The summed E-state index contributed by atoms with van der Waals surface area (Å²) < 4.78 is 28.1. The zero-order chi connectivity index (χ0) is 26.6. The predicted octanol–water partition coefficient (Wildman–Crippen LogP) is 4.45. The fraction of sp³-hybridized carbons (Fsp3) is 0.367. The van der Waals surface area contributed by atoms with Gasteiger partial charge in [0.15, 0.2) is 9.84 Å². The summed E-state index contributed by atoms with van der Waals surface area (Å²) in [4.78, 5) is 23.5. The molecular weight excluding hydrogens is 510 g/mol. The SMILES string of the molecule is O=c1c(C2CC2)cc2cnc(Nc3ccc(C4CCNCC4)cc3)nc2n1C1Cc2ccccc2S(=O)(=O)C1. The van der Waals surface area contributed by atoms with Gasteiger partial charge in [0.25, 0.3) is 5.56 Å². The van der Waals surface area contributed by atoms with Gasteiger partial charge in [-0.2, -0.15) is 4.98 Å². The molecule has 1 aliphatic carbocycles.